The zero-order valence-electron chi connectivity index (χ0n) is 14.1. The Labute approximate surface area is 138 Å². The van der Waals surface area contributed by atoms with Crippen molar-refractivity contribution in [3.05, 3.63) is 29.3 Å². The molecular weight excluding hydrogens is 290 g/mol. The molecule has 5 nitrogen and oxygen atoms in total. The molecule has 0 heterocycles. The van der Waals surface area contributed by atoms with Gasteiger partial charge in [0.15, 0.2) is 0 Å². The third kappa shape index (κ3) is 4.03. The molecule has 1 aromatic rings. The van der Waals surface area contributed by atoms with Crippen LogP contribution in [-0.2, 0) is 4.79 Å². The first kappa shape index (κ1) is 17.3. The number of benzene rings is 1. The van der Waals surface area contributed by atoms with Gasteiger partial charge in [-0.05, 0) is 43.9 Å². The smallest absolute Gasteiger partial charge is 0.252 e. The minimum atomic E-state index is -0.790. The van der Waals surface area contributed by atoms with Crippen LogP contribution in [0.4, 0.5) is 5.69 Å². The standard InChI is InChI=1S/C18H27N3O2/c1-3-11-20-17(23)18(9-5-4-6-10-18)21-16(22)15-12-14(19)8-7-13(15)2/h7-8,12H,3-6,9-11,19H2,1-2H3,(H,20,23)(H,21,22). The summed E-state index contributed by atoms with van der Waals surface area (Å²) >= 11 is 0. The summed E-state index contributed by atoms with van der Waals surface area (Å²) in [6.07, 6.45) is 5.27. The van der Waals surface area contributed by atoms with Gasteiger partial charge in [0.1, 0.15) is 5.54 Å². The second-order valence-electron chi connectivity index (χ2n) is 6.43. The number of rotatable bonds is 5. The first-order chi connectivity index (χ1) is 11.0. The van der Waals surface area contributed by atoms with E-state index in [2.05, 4.69) is 10.6 Å². The number of nitrogens with one attached hydrogen (secondary N) is 2. The minimum Gasteiger partial charge on any atom is -0.399 e. The lowest BCUT2D eigenvalue weighted by Crippen LogP contribution is -2.59. The van der Waals surface area contributed by atoms with Crippen molar-refractivity contribution in [2.45, 2.75) is 57.9 Å². The SMILES string of the molecule is CCCNC(=O)C1(NC(=O)c2cc(N)ccc2C)CCCCC1. The summed E-state index contributed by atoms with van der Waals surface area (Å²) in [5.74, 6) is -0.280. The van der Waals surface area contributed by atoms with E-state index >= 15 is 0 Å². The van der Waals surface area contributed by atoms with E-state index in [1.54, 1.807) is 12.1 Å². The summed E-state index contributed by atoms with van der Waals surface area (Å²) in [6, 6.07) is 5.27. The number of carbonyl (C=O) groups is 2. The quantitative estimate of drug-likeness (QED) is 0.730. The van der Waals surface area contributed by atoms with Gasteiger partial charge in [-0.15, -0.1) is 0 Å². The predicted molar refractivity (Wildman–Crippen MR) is 92.2 cm³/mol. The third-order valence-electron chi connectivity index (χ3n) is 4.54. The zero-order valence-corrected chi connectivity index (χ0v) is 14.1. The van der Waals surface area contributed by atoms with E-state index in [-0.39, 0.29) is 11.8 Å². The average Bonchev–Trinajstić information content (AvgIpc) is 2.55. The molecule has 2 rings (SSSR count). The van der Waals surface area contributed by atoms with Crippen LogP contribution in [0, 0.1) is 6.92 Å². The Hall–Kier alpha value is -2.04. The molecule has 0 spiro atoms. The first-order valence-electron chi connectivity index (χ1n) is 8.45. The van der Waals surface area contributed by atoms with Gasteiger partial charge in [0, 0.05) is 17.8 Å². The Bertz CT molecular complexity index is 578. The van der Waals surface area contributed by atoms with Crippen molar-refractivity contribution < 1.29 is 9.59 Å². The summed E-state index contributed by atoms with van der Waals surface area (Å²) < 4.78 is 0. The number of amides is 2. The number of nitrogens with two attached hydrogens (primary N) is 1. The zero-order chi connectivity index (χ0) is 16.9. The van der Waals surface area contributed by atoms with E-state index in [4.69, 9.17) is 5.73 Å². The van der Waals surface area contributed by atoms with Gasteiger partial charge in [0.25, 0.3) is 5.91 Å². The van der Waals surface area contributed by atoms with Crippen molar-refractivity contribution in [2.75, 3.05) is 12.3 Å². The van der Waals surface area contributed by atoms with E-state index in [1.165, 1.54) is 0 Å². The number of anilines is 1. The highest BCUT2D eigenvalue weighted by Gasteiger charge is 2.40. The van der Waals surface area contributed by atoms with Crippen LogP contribution in [0.5, 0.6) is 0 Å². The maximum atomic E-state index is 12.7. The molecule has 23 heavy (non-hydrogen) atoms. The largest absolute Gasteiger partial charge is 0.399 e. The second-order valence-corrected chi connectivity index (χ2v) is 6.43. The van der Waals surface area contributed by atoms with Gasteiger partial charge in [-0.25, -0.2) is 0 Å². The number of aryl methyl sites for hydroxylation is 1. The highest BCUT2D eigenvalue weighted by molar-refractivity contribution is 6.00. The van der Waals surface area contributed by atoms with Crippen LogP contribution in [0.1, 0.15) is 61.4 Å². The molecule has 126 valence electrons. The number of nitrogen functional groups attached to an aromatic ring is 1. The third-order valence-corrected chi connectivity index (χ3v) is 4.54. The Balaban J connectivity index is 2.21. The lowest BCUT2D eigenvalue weighted by Gasteiger charge is -2.36. The van der Waals surface area contributed by atoms with Crippen LogP contribution in [-0.4, -0.2) is 23.9 Å². The van der Waals surface area contributed by atoms with Gasteiger partial charge in [-0.3, -0.25) is 9.59 Å². The normalized spacial score (nSPS) is 16.6. The van der Waals surface area contributed by atoms with E-state index < -0.39 is 5.54 Å². The molecule has 0 radical (unpaired) electrons. The lowest BCUT2D eigenvalue weighted by molar-refractivity contribution is -0.128. The number of hydrogen-bond acceptors (Lipinski definition) is 3. The van der Waals surface area contributed by atoms with Crippen molar-refractivity contribution in [3.8, 4) is 0 Å². The lowest BCUT2D eigenvalue weighted by atomic mass is 9.80. The predicted octanol–water partition coefficient (Wildman–Crippen LogP) is 2.54. The Morgan fingerprint density at radius 3 is 2.57 bits per heavy atom. The van der Waals surface area contributed by atoms with Crippen molar-refractivity contribution in [3.63, 3.8) is 0 Å². The number of carbonyl (C=O) groups excluding carboxylic acids is 2. The average molecular weight is 317 g/mol. The highest BCUT2D eigenvalue weighted by atomic mass is 16.2. The molecule has 0 atom stereocenters. The molecule has 0 aliphatic heterocycles. The van der Waals surface area contributed by atoms with Crippen molar-refractivity contribution in [1.29, 1.82) is 0 Å². The molecule has 1 fully saturated rings. The summed E-state index contributed by atoms with van der Waals surface area (Å²) in [4.78, 5) is 25.4. The maximum Gasteiger partial charge on any atom is 0.252 e. The maximum absolute atomic E-state index is 12.7. The van der Waals surface area contributed by atoms with Crippen LogP contribution in [0.2, 0.25) is 0 Å². The molecule has 1 aliphatic carbocycles. The van der Waals surface area contributed by atoms with E-state index in [0.717, 1.165) is 31.2 Å². The molecule has 2 amide bonds. The van der Waals surface area contributed by atoms with Gasteiger partial charge in [0.2, 0.25) is 5.91 Å². The van der Waals surface area contributed by atoms with Crippen LogP contribution >= 0.6 is 0 Å². The fourth-order valence-corrected chi connectivity index (χ4v) is 3.14. The van der Waals surface area contributed by atoms with E-state index in [9.17, 15) is 9.59 Å². The van der Waals surface area contributed by atoms with Crippen LogP contribution in [0.15, 0.2) is 18.2 Å². The molecule has 1 aliphatic rings. The second kappa shape index (κ2) is 7.49. The van der Waals surface area contributed by atoms with Crippen LogP contribution in [0.3, 0.4) is 0 Å². The van der Waals surface area contributed by atoms with Gasteiger partial charge >= 0.3 is 0 Å². The highest BCUT2D eigenvalue weighted by Crippen LogP contribution is 2.29. The van der Waals surface area contributed by atoms with Gasteiger partial charge in [-0.1, -0.05) is 32.3 Å². The van der Waals surface area contributed by atoms with Crippen molar-refractivity contribution in [1.82, 2.24) is 10.6 Å². The summed E-state index contributed by atoms with van der Waals surface area (Å²) in [5, 5.41) is 5.97. The van der Waals surface area contributed by atoms with Crippen molar-refractivity contribution in [2.24, 2.45) is 0 Å². The minimum absolute atomic E-state index is 0.0612. The molecule has 0 bridgehead atoms. The summed E-state index contributed by atoms with van der Waals surface area (Å²) in [6.45, 7) is 4.52. The molecular formula is C18H27N3O2. The first-order valence-corrected chi connectivity index (χ1v) is 8.45. The Kier molecular flexibility index (Phi) is 5.64. The molecule has 0 unspecified atom stereocenters. The summed E-state index contributed by atoms with van der Waals surface area (Å²) in [5.41, 5.74) is 6.96. The number of hydrogen-bond donors (Lipinski definition) is 3. The van der Waals surface area contributed by atoms with Crippen molar-refractivity contribution >= 4 is 17.5 Å². The molecule has 5 heteroatoms. The molecule has 0 saturated heterocycles. The molecule has 1 aromatic carbocycles. The van der Waals surface area contributed by atoms with Crippen LogP contribution < -0.4 is 16.4 Å². The molecule has 4 N–H and O–H groups in total. The Morgan fingerprint density at radius 2 is 1.91 bits per heavy atom. The Morgan fingerprint density at radius 1 is 1.22 bits per heavy atom. The van der Waals surface area contributed by atoms with E-state index in [1.807, 2.05) is 19.9 Å². The molecule has 0 aromatic heterocycles. The fraction of sp³-hybridized carbons (Fsp3) is 0.556. The fourth-order valence-electron chi connectivity index (χ4n) is 3.14. The molecule has 1 saturated carbocycles. The van der Waals surface area contributed by atoms with Gasteiger partial charge in [0.05, 0.1) is 0 Å². The monoisotopic (exact) mass is 317 g/mol. The topological polar surface area (TPSA) is 84.2 Å². The van der Waals surface area contributed by atoms with Crippen LogP contribution in [0.25, 0.3) is 0 Å². The van der Waals surface area contributed by atoms with Gasteiger partial charge in [-0.2, -0.15) is 0 Å². The van der Waals surface area contributed by atoms with Gasteiger partial charge < -0.3 is 16.4 Å². The summed E-state index contributed by atoms with van der Waals surface area (Å²) in [7, 11) is 0. The van der Waals surface area contributed by atoms with E-state index in [0.29, 0.717) is 30.6 Å².